The van der Waals surface area contributed by atoms with Gasteiger partial charge in [-0.15, -0.1) is 0 Å². The molecule has 0 bridgehead atoms. The van der Waals surface area contributed by atoms with Crippen LogP contribution in [0, 0.1) is 5.82 Å². The Labute approximate surface area is 130 Å². The molecule has 0 spiro atoms. The molecular weight excluding hydrogens is 279 g/mol. The van der Waals surface area contributed by atoms with Crippen molar-refractivity contribution in [3.05, 3.63) is 65.5 Å². The molecule has 3 nitrogen and oxygen atoms in total. The average molecular weight is 300 g/mol. The molecule has 0 unspecified atom stereocenters. The zero-order valence-corrected chi connectivity index (χ0v) is 13.1. The van der Waals surface area contributed by atoms with Crippen LogP contribution < -0.4 is 10.6 Å². The number of hydrogen-bond acceptors (Lipinski definition) is 1. The van der Waals surface area contributed by atoms with Crippen molar-refractivity contribution in [3.63, 3.8) is 0 Å². The molecule has 2 amide bonds. The van der Waals surface area contributed by atoms with Crippen LogP contribution in [-0.2, 0) is 12.0 Å². The Hall–Kier alpha value is -2.36. The SMILES string of the molecule is CC(C)(C)c1ccccc1NC(=O)NCc1cccc(F)c1. The minimum Gasteiger partial charge on any atom is -0.334 e. The summed E-state index contributed by atoms with van der Waals surface area (Å²) >= 11 is 0. The number of carbonyl (C=O) groups excluding carboxylic acids is 1. The molecular formula is C18H21FN2O. The van der Waals surface area contributed by atoms with E-state index < -0.39 is 0 Å². The summed E-state index contributed by atoms with van der Waals surface area (Å²) in [5, 5.41) is 5.59. The van der Waals surface area contributed by atoms with Gasteiger partial charge in [0, 0.05) is 12.2 Å². The predicted octanol–water partition coefficient (Wildman–Crippen LogP) is 4.44. The number of carbonyl (C=O) groups is 1. The Kier molecular flexibility index (Phi) is 4.81. The van der Waals surface area contributed by atoms with Gasteiger partial charge in [-0.25, -0.2) is 9.18 Å². The van der Waals surface area contributed by atoms with Gasteiger partial charge in [-0.05, 0) is 34.7 Å². The molecule has 0 aromatic heterocycles. The van der Waals surface area contributed by atoms with Gasteiger partial charge in [0.15, 0.2) is 0 Å². The minimum absolute atomic E-state index is 0.0631. The number of hydrogen-bond donors (Lipinski definition) is 2. The minimum atomic E-state index is -0.308. The number of halogens is 1. The van der Waals surface area contributed by atoms with Crippen LogP contribution in [0.2, 0.25) is 0 Å². The van der Waals surface area contributed by atoms with Crippen LogP contribution in [-0.4, -0.2) is 6.03 Å². The first-order valence-electron chi connectivity index (χ1n) is 7.25. The van der Waals surface area contributed by atoms with Crippen LogP contribution in [0.25, 0.3) is 0 Å². The lowest BCUT2D eigenvalue weighted by molar-refractivity contribution is 0.251. The van der Waals surface area contributed by atoms with E-state index in [-0.39, 0.29) is 23.8 Å². The number of para-hydroxylation sites is 1. The van der Waals surface area contributed by atoms with E-state index in [9.17, 15) is 9.18 Å². The second kappa shape index (κ2) is 6.60. The molecule has 2 rings (SSSR count). The fourth-order valence-electron chi connectivity index (χ4n) is 2.24. The maximum atomic E-state index is 13.1. The second-order valence-corrected chi connectivity index (χ2v) is 6.23. The van der Waals surface area contributed by atoms with E-state index in [0.717, 1.165) is 16.8 Å². The summed E-state index contributed by atoms with van der Waals surface area (Å²) in [7, 11) is 0. The van der Waals surface area contributed by atoms with Crippen molar-refractivity contribution in [2.75, 3.05) is 5.32 Å². The van der Waals surface area contributed by atoms with Gasteiger partial charge in [0.05, 0.1) is 0 Å². The van der Waals surface area contributed by atoms with E-state index in [1.54, 1.807) is 12.1 Å². The number of amides is 2. The Morgan fingerprint density at radius 3 is 2.50 bits per heavy atom. The van der Waals surface area contributed by atoms with Crippen LogP contribution in [0.3, 0.4) is 0 Å². The third-order valence-corrected chi connectivity index (χ3v) is 3.33. The molecule has 0 heterocycles. The summed E-state index contributed by atoms with van der Waals surface area (Å²) in [4.78, 5) is 12.0. The zero-order chi connectivity index (χ0) is 16.2. The van der Waals surface area contributed by atoms with Crippen molar-refractivity contribution in [3.8, 4) is 0 Å². The monoisotopic (exact) mass is 300 g/mol. The first kappa shape index (κ1) is 16.0. The standard InChI is InChI=1S/C18H21FN2O/c1-18(2,3)15-9-4-5-10-16(15)21-17(22)20-12-13-7-6-8-14(19)11-13/h4-11H,12H2,1-3H3,(H2,20,21,22). The van der Waals surface area contributed by atoms with E-state index >= 15 is 0 Å². The third kappa shape index (κ3) is 4.32. The highest BCUT2D eigenvalue weighted by Gasteiger charge is 2.18. The highest BCUT2D eigenvalue weighted by molar-refractivity contribution is 5.90. The maximum absolute atomic E-state index is 13.1. The number of benzene rings is 2. The van der Waals surface area contributed by atoms with Gasteiger partial charge in [-0.2, -0.15) is 0 Å². The summed E-state index contributed by atoms with van der Waals surface area (Å²) in [6.45, 7) is 6.57. The van der Waals surface area contributed by atoms with Crippen molar-refractivity contribution in [2.45, 2.75) is 32.7 Å². The van der Waals surface area contributed by atoms with E-state index in [0.29, 0.717) is 0 Å². The lowest BCUT2D eigenvalue weighted by atomic mass is 9.86. The topological polar surface area (TPSA) is 41.1 Å². The summed E-state index contributed by atoms with van der Waals surface area (Å²) in [6, 6.07) is 13.6. The fraction of sp³-hybridized carbons (Fsp3) is 0.278. The van der Waals surface area contributed by atoms with Crippen molar-refractivity contribution in [2.24, 2.45) is 0 Å². The van der Waals surface area contributed by atoms with Crippen molar-refractivity contribution in [1.29, 1.82) is 0 Å². The molecule has 0 atom stereocenters. The summed E-state index contributed by atoms with van der Waals surface area (Å²) < 4.78 is 13.1. The third-order valence-electron chi connectivity index (χ3n) is 3.33. The van der Waals surface area contributed by atoms with E-state index in [1.165, 1.54) is 12.1 Å². The maximum Gasteiger partial charge on any atom is 0.319 e. The van der Waals surface area contributed by atoms with Gasteiger partial charge in [-0.1, -0.05) is 51.1 Å². The molecule has 0 aliphatic carbocycles. The number of urea groups is 1. The molecule has 0 aliphatic heterocycles. The highest BCUT2D eigenvalue weighted by Crippen LogP contribution is 2.29. The van der Waals surface area contributed by atoms with Crippen molar-refractivity contribution >= 4 is 11.7 Å². The Balaban J connectivity index is 2.01. The summed E-state index contributed by atoms with van der Waals surface area (Å²) in [5.74, 6) is -0.308. The van der Waals surface area contributed by atoms with Gasteiger partial charge in [0.25, 0.3) is 0 Å². The summed E-state index contributed by atoms with van der Waals surface area (Å²) in [5.41, 5.74) is 2.51. The van der Waals surface area contributed by atoms with Crippen LogP contribution in [0.4, 0.5) is 14.9 Å². The Morgan fingerprint density at radius 1 is 1.09 bits per heavy atom. The Bertz CT molecular complexity index is 662. The van der Waals surface area contributed by atoms with Crippen molar-refractivity contribution < 1.29 is 9.18 Å². The lowest BCUT2D eigenvalue weighted by Gasteiger charge is -2.23. The van der Waals surface area contributed by atoms with Crippen molar-refractivity contribution in [1.82, 2.24) is 5.32 Å². The molecule has 2 N–H and O–H groups in total. The lowest BCUT2D eigenvalue weighted by Crippen LogP contribution is -2.29. The second-order valence-electron chi connectivity index (χ2n) is 6.23. The highest BCUT2D eigenvalue weighted by atomic mass is 19.1. The van der Waals surface area contributed by atoms with Gasteiger partial charge >= 0.3 is 6.03 Å². The average Bonchev–Trinajstić information content (AvgIpc) is 2.45. The normalized spacial score (nSPS) is 11.1. The fourth-order valence-corrected chi connectivity index (χ4v) is 2.24. The molecule has 22 heavy (non-hydrogen) atoms. The molecule has 116 valence electrons. The molecule has 0 radical (unpaired) electrons. The molecule has 2 aromatic carbocycles. The Morgan fingerprint density at radius 2 is 1.82 bits per heavy atom. The number of rotatable bonds is 3. The molecule has 0 fully saturated rings. The largest absolute Gasteiger partial charge is 0.334 e. The first-order valence-corrected chi connectivity index (χ1v) is 7.25. The quantitative estimate of drug-likeness (QED) is 0.864. The first-order chi connectivity index (χ1) is 10.4. The molecule has 0 saturated carbocycles. The van der Waals surface area contributed by atoms with Crippen LogP contribution in [0.1, 0.15) is 31.9 Å². The van der Waals surface area contributed by atoms with Gasteiger partial charge < -0.3 is 10.6 Å². The molecule has 4 heteroatoms. The molecule has 0 saturated heterocycles. The molecule has 0 aliphatic rings. The number of anilines is 1. The van der Waals surface area contributed by atoms with E-state index in [1.807, 2.05) is 24.3 Å². The van der Waals surface area contributed by atoms with Crippen LogP contribution in [0.5, 0.6) is 0 Å². The van der Waals surface area contributed by atoms with Gasteiger partial charge in [0.1, 0.15) is 5.82 Å². The molecule has 2 aromatic rings. The predicted molar refractivity (Wildman–Crippen MR) is 87.4 cm³/mol. The smallest absolute Gasteiger partial charge is 0.319 e. The van der Waals surface area contributed by atoms with Gasteiger partial charge in [-0.3, -0.25) is 0 Å². The van der Waals surface area contributed by atoms with Gasteiger partial charge in [0.2, 0.25) is 0 Å². The van der Waals surface area contributed by atoms with Crippen LogP contribution in [0.15, 0.2) is 48.5 Å². The van der Waals surface area contributed by atoms with E-state index in [2.05, 4.69) is 31.4 Å². The summed E-state index contributed by atoms with van der Waals surface area (Å²) in [6.07, 6.45) is 0. The van der Waals surface area contributed by atoms with E-state index in [4.69, 9.17) is 0 Å². The number of nitrogens with one attached hydrogen (secondary N) is 2. The van der Waals surface area contributed by atoms with Crippen LogP contribution >= 0.6 is 0 Å². The zero-order valence-electron chi connectivity index (χ0n) is 13.1.